The van der Waals surface area contributed by atoms with E-state index in [2.05, 4.69) is 41.5 Å². The molecule has 36 heavy (non-hydrogen) atoms. The quantitative estimate of drug-likeness (QED) is 0.103. The summed E-state index contributed by atoms with van der Waals surface area (Å²) in [5.41, 5.74) is 0. The van der Waals surface area contributed by atoms with Crippen molar-refractivity contribution in [2.24, 2.45) is 0 Å². The molecule has 1 fully saturated rings. The Hall–Kier alpha value is 0.0569. The fourth-order valence-electron chi connectivity index (χ4n) is 5.73. The first-order chi connectivity index (χ1) is 17.1. The van der Waals surface area contributed by atoms with E-state index in [1.165, 1.54) is 116 Å². The van der Waals surface area contributed by atoms with Crippen LogP contribution in [0.5, 0.6) is 0 Å². The summed E-state index contributed by atoms with van der Waals surface area (Å²) in [5.74, 6) is 0. The van der Waals surface area contributed by atoms with Crippen LogP contribution in [0.15, 0.2) is 0 Å². The smallest absolute Gasteiger partial charge is 0.371 e. The van der Waals surface area contributed by atoms with Crippen LogP contribution in [-0.4, -0.2) is 39.1 Å². The van der Waals surface area contributed by atoms with Crippen molar-refractivity contribution in [1.29, 1.82) is 0 Å². The molecule has 1 heterocycles. The first kappa shape index (κ1) is 38.2. The van der Waals surface area contributed by atoms with Crippen molar-refractivity contribution in [2.45, 2.75) is 181 Å². The lowest BCUT2D eigenvalue weighted by atomic mass is 10.0. The van der Waals surface area contributed by atoms with Gasteiger partial charge in [0.05, 0.1) is 0 Å². The topological polar surface area (TPSA) is 59.2 Å². The maximum atomic E-state index is 6.16. The molecular formula is C31H68O4Si. The van der Waals surface area contributed by atoms with Crippen LogP contribution in [0.1, 0.15) is 170 Å². The average molecular weight is 533 g/mol. The van der Waals surface area contributed by atoms with E-state index < -0.39 is 8.56 Å². The first-order valence-electron chi connectivity index (χ1n) is 16.0. The van der Waals surface area contributed by atoms with Crippen LogP contribution < -0.4 is 0 Å². The van der Waals surface area contributed by atoms with Gasteiger partial charge in [0.2, 0.25) is 0 Å². The molecule has 0 spiro atoms. The van der Waals surface area contributed by atoms with Gasteiger partial charge in [0.15, 0.2) is 0 Å². The first-order valence-corrected chi connectivity index (χ1v) is 18.1. The molecule has 1 saturated heterocycles. The molecule has 5 heteroatoms. The van der Waals surface area contributed by atoms with Crippen molar-refractivity contribution >= 4 is 8.56 Å². The monoisotopic (exact) mass is 532 g/mol. The van der Waals surface area contributed by atoms with Gasteiger partial charge >= 0.3 is 8.56 Å². The minimum absolute atomic E-state index is 0. The van der Waals surface area contributed by atoms with Gasteiger partial charge < -0.3 is 19.1 Å². The third-order valence-electron chi connectivity index (χ3n) is 7.73. The minimum atomic E-state index is -2.21. The maximum Gasteiger partial charge on any atom is 0.371 e. The average Bonchev–Trinajstić information content (AvgIpc) is 2.86. The summed E-state index contributed by atoms with van der Waals surface area (Å²) in [7, 11) is -2.21. The largest absolute Gasteiger partial charge is 0.412 e. The van der Waals surface area contributed by atoms with Crippen LogP contribution in [-0.2, 0) is 13.6 Å². The van der Waals surface area contributed by atoms with Crippen molar-refractivity contribution < 1.29 is 19.1 Å². The lowest BCUT2D eigenvalue weighted by molar-refractivity contribution is -0.0426. The summed E-state index contributed by atoms with van der Waals surface area (Å²) < 4.78 is 18.5. The van der Waals surface area contributed by atoms with Gasteiger partial charge in [-0.2, -0.15) is 0 Å². The molecule has 1 aliphatic heterocycles. The lowest BCUT2D eigenvalue weighted by Crippen LogP contribution is -2.65. The van der Waals surface area contributed by atoms with E-state index in [9.17, 15) is 0 Å². The Morgan fingerprint density at radius 3 is 1.22 bits per heavy atom. The van der Waals surface area contributed by atoms with Gasteiger partial charge in [-0.1, -0.05) is 136 Å². The zero-order valence-electron chi connectivity index (χ0n) is 25.7. The number of hydrogen-bond donors (Lipinski definition) is 0. The van der Waals surface area contributed by atoms with E-state index in [4.69, 9.17) is 13.6 Å². The van der Waals surface area contributed by atoms with Gasteiger partial charge in [-0.05, 0) is 39.7 Å². The molecule has 1 unspecified atom stereocenters. The summed E-state index contributed by atoms with van der Waals surface area (Å²) in [6.07, 6.45) is 28.0. The fraction of sp³-hybridized carbons (Fsp3) is 1.00. The van der Waals surface area contributed by atoms with Crippen LogP contribution in [0, 0.1) is 0 Å². The Kier molecular flexibility index (Phi) is 28.3. The minimum Gasteiger partial charge on any atom is -0.412 e. The summed E-state index contributed by atoms with van der Waals surface area (Å²) >= 11 is 0. The van der Waals surface area contributed by atoms with E-state index >= 15 is 0 Å². The second kappa shape index (κ2) is 26.7. The molecule has 0 bridgehead atoms. The summed E-state index contributed by atoms with van der Waals surface area (Å²) in [4.78, 5) is 0. The van der Waals surface area contributed by atoms with Gasteiger partial charge in [0, 0.05) is 19.8 Å². The maximum absolute atomic E-state index is 6.16. The Morgan fingerprint density at radius 2 is 0.917 bits per heavy atom. The van der Waals surface area contributed by atoms with E-state index in [1.54, 1.807) is 0 Å². The highest BCUT2D eigenvalue weighted by Crippen LogP contribution is 2.43. The van der Waals surface area contributed by atoms with E-state index in [1.807, 2.05) is 0 Å². The molecule has 0 radical (unpaired) electrons. The van der Waals surface area contributed by atoms with Gasteiger partial charge in [-0.25, -0.2) is 0 Å². The predicted molar refractivity (Wildman–Crippen MR) is 161 cm³/mol. The fourth-order valence-corrected chi connectivity index (χ4v) is 10.2. The highest BCUT2D eigenvalue weighted by Gasteiger charge is 2.58. The highest BCUT2D eigenvalue weighted by molar-refractivity contribution is 6.70. The third-order valence-corrected chi connectivity index (χ3v) is 12.4. The number of rotatable bonds is 22. The molecule has 0 amide bonds. The Balaban J connectivity index is 0. The molecule has 1 aliphatic rings. The molecule has 2 N–H and O–H groups in total. The number of unbranched alkanes of at least 4 members (excludes halogenated alkanes) is 15. The summed E-state index contributed by atoms with van der Waals surface area (Å²) in [6.45, 7) is 15.2. The molecule has 1 rings (SSSR count). The SMILES string of the molecule is CCCCCCCCCCCCCCCCCC.CCOC1(CC)CCCC[Si]1(OCC)OCC.O. The molecule has 0 aromatic carbocycles. The van der Waals surface area contributed by atoms with Crippen LogP contribution in [0.25, 0.3) is 0 Å². The van der Waals surface area contributed by atoms with Crippen molar-refractivity contribution in [3.63, 3.8) is 0 Å². The van der Waals surface area contributed by atoms with Gasteiger partial charge in [0.25, 0.3) is 0 Å². The Morgan fingerprint density at radius 1 is 0.528 bits per heavy atom. The summed E-state index contributed by atoms with van der Waals surface area (Å²) in [6, 6.07) is 1.09. The highest BCUT2D eigenvalue weighted by atomic mass is 28.4. The van der Waals surface area contributed by atoms with E-state index in [0.29, 0.717) is 0 Å². The van der Waals surface area contributed by atoms with Crippen LogP contribution in [0.2, 0.25) is 6.04 Å². The zero-order valence-corrected chi connectivity index (χ0v) is 26.7. The van der Waals surface area contributed by atoms with Crippen LogP contribution in [0.3, 0.4) is 0 Å². The Bertz CT molecular complexity index is 403. The molecule has 0 aromatic rings. The molecule has 4 nitrogen and oxygen atoms in total. The van der Waals surface area contributed by atoms with Gasteiger partial charge in [-0.3, -0.25) is 0 Å². The second-order valence-electron chi connectivity index (χ2n) is 10.6. The normalized spacial score (nSPS) is 18.8. The lowest BCUT2D eigenvalue weighted by Gasteiger charge is -2.49. The van der Waals surface area contributed by atoms with Crippen LogP contribution in [0.4, 0.5) is 0 Å². The molecule has 0 aromatic heterocycles. The van der Waals surface area contributed by atoms with E-state index in [-0.39, 0.29) is 10.7 Å². The van der Waals surface area contributed by atoms with Crippen molar-refractivity contribution in [3.8, 4) is 0 Å². The van der Waals surface area contributed by atoms with Crippen molar-refractivity contribution in [1.82, 2.24) is 0 Å². The number of hydrogen-bond acceptors (Lipinski definition) is 3. The molecule has 0 aliphatic carbocycles. The van der Waals surface area contributed by atoms with Crippen LogP contribution >= 0.6 is 0 Å². The van der Waals surface area contributed by atoms with Crippen molar-refractivity contribution in [2.75, 3.05) is 19.8 Å². The Labute approximate surface area is 228 Å². The predicted octanol–water partition coefficient (Wildman–Crippen LogP) is 9.85. The van der Waals surface area contributed by atoms with Gasteiger partial charge in [0.1, 0.15) is 5.22 Å². The molecule has 0 saturated carbocycles. The number of ether oxygens (including phenoxy) is 1. The second-order valence-corrected chi connectivity index (χ2v) is 14.1. The zero-order chi connectivity index (χ0) is 26.1. The third kappa shape index (κ3) is 16.1. The summed E-state index contributed by atoms with van der Waals surface area (Å²) in [5, 5.41) is -0.119. The van der Waals surface area contributed by atoms with E-state index in [0.717, 1.165) is 38.7 Å². The molecular weight excluding hydrogens is 464 g/mol. The van der Waals surface area contributed by atoms with Crippen molar-refractivity contribution in [3.05, 3.63) is 0 Å². The molecule has 220 valence electrons. The standard InChI is InChI=1S/C18H38.C13H28O3Si.H2O/c1-3-5-7-9-11-13-15-17-18-16-14-12-10-8-6-4-2;1-5-13(14-6-2)11-9-10-12-17(13,15-7-3)16-8-4;/h3-18H2,1-2H3;5-12H2,1-4H3;1H2. The molecule has 1 atom stereocenters. The van der Waals surface area contributed by atoms with Gasteiger partial charge in [-0.15, -0.1) is 0 Å².